The smallest absolute Gasteiger partial charge is 0.197 e. The zero-order valence-corrected chi connectivity index (χ0v) is 15.5. The Morgan fingerprint density at radius 1 is 0.857 bits per heavy atom. The van der Waals surface area contributed by atoms with E-state index in [4.69, 9.17) is 10.5 Å². The van der Waals surface area contributed by atoms with Crippen LogP contribution in [-0.4, -0.2) is 5.78 Å². The fourth-order valence-electron chi connectivity index (χ4n) is 3.95. The molecule has 138 valence electrons. The zero-order chi connectivity index (χ0) is 19.1. The summed E-state index contributed by atoms with van der Waals surface area (Å²) in [6.45, 7) is 0. The number of carbonyl (C=O) groups is 1. The number of ketones is 1. The van der Waals surface area contributed by atoms with Gasteiger partial charge in [-0.15, -0.1) is 0 Å². The number of rotatable bonds is 1. The molecule has 28 heavy (non-hydrogen) atoms. The first-order chi connectivity index (χ1) is 13.7. The molecule has 0 spiro atoms. The van der Waals surface area contributed by atoms with Crippen LogP contribution in [0.4, 0.5) is 5.69 Å². The first-order valence-electron chi connectivity index (χ1n) is 9.69. The molecule has 2 aliphatic rings. The van der Waals surface area contributed by atoms with E-state index >= 15 is 0 Å². The second-order valence-corrected chi connectivity index (χ2v) is 7.44. The molecule has 1 saturated carbocycles. The maximum absolute atomic E-state index is 13.4. The highest BCUT2D eigenvalue weighted by Gasteiger charge is 2.33. The summed E-state index contributed by atoms with van der Waals surface area (Å²) in [6.07, 6.45) is 3.18. The third kappa shape index (κ3) is 2.80. The number of Topliss-reactive ketones (excluding diaryl/α,β-unsaturated/α-hetero) is 1. The lowest BCUT2D eigenvalue weighted by molar-refractivity contribution is 0.100. The van der Waals surface area contributed by atoms with Gasteiger partial charge in [0.25, 0.3) is 0 Å². The molecule has 2 N–H and O–H groups in total. The average Bonchev–Trinajstić information content (AvgIpc) is 2.68. The molecular formula is C25H21NO2. The molecule has 3 heteroatoms. The Balaban J connectivity index is 1.72. The molecule has 0 radical (unpaired) electrons. The molecule has 3 nitrogen and oxygen atoms in total. The van der Waals surface area contributed by atoms with Crippen LogP contribution in [0.15, 0.2) is 72.8 Å². The predicted molar refractivity (Wildman–Crippen MR) is 111 cm³/mol. The first kappa shape index (κ1) is 16.8. The standard InChI is InChI=1S/C25H21NO2/c26-20-13-14-21-22(15-20)28-25(19-5-2-1-3-6-19)23(24(21)27)18-11-9-17(10-12-18)16-7-4-8-16/h1-3,5-6,9-15,25H,4,7-8,26H2. The number of carbonyl (C=O) groups excluding carboxylic acids is 1. The van der Waals surface area contributed by atoms with Crippen LogP contribution in [-0.2, 0) is 0 Å². The van der Waals surface area contributed by atoms with Crippen molar-refractivity contribution in [2.75, 3.05) is 5.73 Å². The summed E-state index contributed by atoms with van der Waals surface area (Å²) in [5, 5.41) is 2.19. The van der Waals surface area contributed by atoms with E-state index < -0.39 is 6.10 Å². The van der Waals surface area contributed by atoms with Gasteiger partial charge in [0, 0.05) is 11.8 Å². The Morgan fingerprint density at radius 2 is 1.57 bits per heavy atom. The van der Waals surface area contributed by atoms with E-state index in [0.717, 1.165) is 10.8 Å². The van der Waals surface area contributed by atoms with Crippen molar-refractivity contribution in [2.45, 2.75) is 25.4 Å². The summed E-state index contributed by atoms with van der Waals surface area (Å²) in [4.78, 5) is 13.4. The van der Waals surface area contributed by atoms with Gasteiger partial charge in [-0.25, -0.2) is 0 Å². The number of benzene rings is 3. The highest BCUT2D eigenvalue weighted by atomic mass is 16.5. The minimum Gasteiger partial charge on any atom is -0.480 e. The first-order valence-corrected chi connectivity index (χ1v) is 9.69. The van der Waals surface area contributed by atoms with Crippen LogP contribution in [0.25, 0.3) is 11.1 Å². The molecule has 1 heterocycles. The molecule has 3 aromatic carbocycles. The minimum absolute atomic E-state index is 0.000787. The summed E-state index contributed by atoms with van der Waals surface area (Å²) < 4.78 is 6.30. The lowest BCUT2D eigenvalue weighted by Crippen LogP contribution is -2.29. The van der Waals surface area contributed by atoms with Crippen LogP contribution in [0.3, 0.4) is 0 Å². The minimum atomic E-state index is -0.454. The summed E-state index contributed by atoms with van der Waals surface area (Å²) in [5.41, 5.74) is 10.2. The van der Waals surface area contributed by atoms with E-state index in [0.29, 0.717) is 22.6 Å². The van der Waals surface area contributed by atoms with Crippen LogP contribution in [0.5, 0.6) is 5.75 Å². The molecule has 0 amide bonds. The maximum Gasteiger partial charge on any atom is 0.197 e. The number of hydrogen-bond donors (Lipinski definition) is 1. The summed E-state index contributed by atoms with van der Waals surface area (Å²) in [5.74, 6) is 0.545. The van der Waals surface area contributed by atoms with Gasteiger partial charge in [0.05, 0.1) is 11.1 Å². The molecule has 3 aromatic rings. The molecule has 0 saturated heterocycles. The van der Waals surface area contributed by atoms with Gasteiger partial charge in [-0.2, -0.15) is 0 Å². The topological polar surface area (TPSA) is 52.3 Å². The molecule has 1 atom stereocenters. The highest BCUT2D eigenvalue weighted by molar-refractivity contribution is 6.27. The Morgan fingerprint density at radius 3 is 2.25 bits per heavy atom. The quantitative estimate of drug-likeness (QED) is 0.666. The molecule has 1 aliphatic carbocycles. The average molecular weight is 367 g/mol. The number of ether oxygens (including phenoxy) is 1. The number of anilines is 1. The SMILES string of the molecule is Nc1ccc2c(c1)OC(c1ccccc1)C(=c1ccc(=C3CCC3)cc1)C2=O. The van der Waals surface area contributed by atoms with Crippen molar-refractivity contribution in [2.24, 2.45) is 0 Å². The maximum atomic E-state index is 13.4. The van der Waals surface area contributed by atoms with E-state index in [1.54, 1.807) is 18.2 Å². The summed E-state index contributed by atoms with van der Waals surface area (Å²) in [7, 11) is 0. The van der Waals surface area contributed by atoms with Gasteiger partial charge in [0.2, 0.25) is 0 Å². The second kappa shape index (κ2) is 6.68. The third-order valence-electron chi connectivity index (χ3n) is 5.67. The van der Waals surface area contributed by atoms with Gasteiger partial charge in [-0.05, 0) is 47.4 Å². The van der Waals surface area contributed by atoms with Crippen molar-refractivity contribution in [1.82, 2.24) is 0 Å². The van der Waals surface area contributed by atoms with Crippen LogP contribution in [0.2, 0.25) is 0 Å². The van der Waals surface area contributed by atoms with Crippen molar-refractivity contribution >= 4 is 22.6 Å². The normalized spacial score (nSPS) is 18.3. The number of nitrogen functional groups attached to an aromatic ring is 1. The van der Waals surface area contributed by atoms with E-state index in [2.05, 4.69) is 24.3 Å². The van der Waals surface area contributed by atoms with Gasteiger partial charge in [0.15, 0.2) is 11.9 Å². The molecule has 0 bridgehead atoms. The monoisotopic (exact) mass is 367 g/mol. The lowest BCUT2D eigenvalue weighted by Gasteiger charge is -2.28. The van der Waals surface area contributed by atoms with Crippen molar-refractivity contribution in [3.63, 3.8) is 0 Å². The Labute approximate surface area is 163 Å². The largest absolute Gasteiger partial charge is 0.480 e. The second-order valence-electron chi connectivity index (χ2n) is 7.44. The summed E-state index contributed by atoms with van der Waals surface area (Å²) >= 11 is 0. The molecule has 5 rings (SSSR count). The Hall–Kier alpha value is -3.33. The third-order valence-corrected chi connectivity index (χ3v) is 5.67. The fourth-order valence-corrected chi connectivity index (χ4v) is 3.95. The van der Waals surface area contributed by atoms with Crippen LogP contribution >= 0.6 is 0 Å². The van der Waals surface area contributed by atoms with E-state index in [1.165, 1.54) is 30.1 Å². The van der Waals surface area contributed by atoms with Gasteiger partial charge in [0.1, 0.15) is 5.75 Å². The molecule has 0 aromatic heterocycles. The van der Waals surface area contributed by atoms with E-state index in [-0.39, 0.29) is 5.78 Å². The van der Waals surface area contributed by atoms with Crippen LogP contribution < -0.4 is 20.9 Å². The Kier molecular flexibility index (Phi) is 4.01. The predicted octanol–water partition coefficient (Wildman–Crippen LogP) is 3.77. The molecule has 1 fully saturated rings. The number of fused-ring (bicyclic) bond motifs is 1. The van der Waals surface area contributed by atoms with Crippen LogP contribution in [0, 0.1) is 0 Å². The van der Waals surface area contributed by atoms with Crippen molar-refractivity contribution < 1.29 is 9.53 Å². The zero-order valence-electron chi connectivity index (χ0n) is 15.5. The van der Waals surface area contributed by atoms with Gasteiger partial charge >= 0.3 is 0 Å². The van der Waals surface area contributed by atoms with Gasteiger partial charge in [-0.3, -0.25) is 4.79 Å². The fraction of sp³-hybridized carbons (Fsp3) is 0.160. The summed E-state index contributed by atoms with van der Waals surface area (Å²) in [6, 6.07) is 23.5. The molecule has 1 aliphatic heterocycles. The Bertz CT molecular complexity index is 1170. The van der Waals surface area contributed by atoms with Crippen LogP contribution in [0.1, 0.15) is 41.3 Å². The molecule has 1 unspecified atom stereocenters. The lowest BCUT2D eigenvalue weighted by atomic mass is 9.88. The van der Waals surface area contributed by atoms with Crippen molar-refractivity contribution in [3.05, 3.63) is 94.4 Å². The number of hydrogen-bond acceptors (Lipinski definition) is 3. The highest BCUT2D eigenvalue weighted by Crippen LogP contribution is 2.39. The van der Waals surface area contributed by atoms with E-state index in [9.17, 15) is 4.79 Å². The van der Waals surface area contributed by atoms with Gasteiger partial charge in [-0.1, -0.05) is 60.2 Å². The number of nitrogens with two attached hydrogens (primary N) is 1. The van der Waals surface area contributed by atoms with Crippen molar-refractivity contribution in [1.29, 1.82) is 0 Å². The molecular weight excluding hydrogens is 346 g/mol. The van der Waals surface area contributed by atoms with E-state index in [1.807, 2.05) is 30.3 Å². The van der Waals surface area contributed by atoms with Crippen molar-refractivity contribution in [3.8, 4) is 5.75 Å². The van der Waals surface area contributed by atoms with Gasteiger partial charge < -0.3 is 10.5 Å².